The highest BCUT2D eigenvalue weighted by Gasteiger charge is 2.22. The number of carbonyl (C=O) groups is 1. The van der Waals surface area contributed by atoms with E-state index in [1.807, 2.05) is 4.90 Å². The fourth-order valence-corrected chi connectivity index (χ4v) is 3.19. The van der Waals surface area contributed by atoms with Gasteiger partial charge in [0.1, 0.15) is 0 Å². The van der Waals surface area contributed by atoms with Gasteiger partial charge in [0.05, 0.1) is 6.10 Å². The molecule has 25 heavy (non-hydrogen) atoms. The fraction of sp³-hybridized carbons (Fsp3) is 0.667. The first-order chi connectivity index (χ1) is 11.9. The standard InChI is InChI=1S/C21H34N2O2/c1-21(2,3)18-8-5-17(6-9-18)7-10-20(24)23-14-11-19(12-15-23)25-16-4-13-22/h5-6,8-9,19H,4,7,10-16,22H2,1-3H3. The van der Waals surface area contributed by atoms with E-state index >= 15 is 0 Å². The van der Waals surface area contributed by atoms with Gasteiger partial charge in [0.15, 0.2) is 0 Å². The van der Waals surface area contributed by atoms with Gasteiger partial charge in [-0.25, -0.2) is 0 Å². The second kappa shape index (κ2) is 9.35. The molecule has 1 aromatic carbocycles. The molecule has 0 saturated carbocycles. The van der Waals surface area contributed by atoms with E-state index in [0.717, 1.165) is 45.4 Å². The van der Waals surface area contributed by atoms with Crippen LogP contribution in [0.5, 0.6) is 0 Å². The number of piperidine rings is 1. The Hall–Kier alpha value is -1.39. The molecule has 0 aliphatic carbocycles. The van der Waals surface area contributed by atoms with Gasteiger partial charge in [-0.1, -0.05) is 45.0 Å². The summed E-state index contributed by atoms with van der Waals surface area (Å²) in [6.45, 7) is 9.69. The normalized spacial score (nSPS) is 16.2. The van der Waals surface area contributed by atoms with Gasteiger partial charge in [0, 0.05) is 26.1 Å². The zero-order valence-electron chi connectivity index (χ0n) is 16.1. The first-order valence-electron chi connectivity index (χ1n) is 9.59. The lowest BCUT2D eigenvalue weighted by atomic mass is 9.86. The number of hydrogen-bond donors (Lipinski definition) is 1. The predicted octanol–water partition coefficient (Wildman–Crippen LogP) is 3.27. The molecule has 0 aromatic heterocycles. The minimum absolute atomic E-state index is 0.172. The van der Waals surface area contributed by atoms with Crippen molar-refractivity contribution >= 4 is 5.91 Å². The van der Waals surface area contributed by atoms with Crippen LogP contribution in [0.25, 0.3) is 0 Å². The Kier molecular flexibility index (Phi) is 7.45. The summed E-state index contributed by atoms with van der Waals surface area (Å²) in [5, 5.41) is 0. The lowest BCUT2D eigenvalue weighted by Gasteiger charge is -2.32. The van der Waals surface area contributed by atoms with Crippen molar-refractivity contribution in [1.29, 1.82) is 0 Å². The molecule has 2 rings (SSSR count). The predicted molar refractivity (Wildman–Crippen MR) is 103 cm³/mol. The summed E-state index contributed by atoms with van der Waals surface area (Å²) in [6.07, 6.45) is 4.49. The zero-order chi connectivity index (χ0) is 18.3. The van der Waals surface area contributed by atoms with Gasteiger partial charge in [-0.15, -0.1) is 0 Å². The van der Waals surface area contributed by atoms with Crippen LogP contribution in [0.4, 0.5) is 0 Å². The molecule has 140 valence electrons. The number of hydrogen-bond acceptors (Lipinski definition) is 3. The summed E-state index contributed by atoms with van der Waals surface area (Å²) in [5.41, 5.74) is 8.23. The molecule has 1 fully saturated rings. The van der Waals surface area contributed by atoms with Crippen LogP contribution in [0, 0.1) is 0 Å². The number of benzene rings is 1. The lowest BCUT2D eigenvalue weighted by molar-refractivity contribution is -0.133. The largest absolute Gasteiger partial charge is 0.378 e. The van der Waals surface area contributed by atoms with Gasteiger partial charge in [-0.3, -0.25) is 4.79 Å². The fourth-order valence-electron chi connectivity index (χ4n) is 3.19. The third kappa shape index (κ3) is 6.44. The SMILES string of the molecule is CC(C)(C)c1ccc(CCC(=O)N2CCC(OCCCN)CC2)cc1. The van der Waals surface area contributed by atoms with Crippen LogP contribution < -0.4 is 5.73 Å². The van der Waals surface area contributed by atoms with E-state index in [9.17, 15) is 4.79 Å². The maximum absolute atomic E-state index is 12.4. The molecule has 1 aliphatic rings. The van der Waals surface area contributed by atoms with Gasteiger partial charge in [0.25, 0.3) is 0 Å². The Morgan fingerprint density at radius 2 is 1.84 bits per heavy atom. The molecule has 1 saturated heterocycles. The number of amides is 1. The summed E-state index contributed by atoms with van der Waals surface area (Å²) >= 11 is 0. The number of carbonyl (C=O) groups excluding carboxylic acids is 1. The summed E-state index contributed by atoms with van der Waals surface area (Å²) in [4.78, 5) is 14.4. The molecule has 1 aliphatic heterocycles. The van der Waals surface area contributed by atoms with Crippen molar-refractivity contribution in [3.05, 3.63) is 35.4 Å². The molecule has 0 spiro atoms. The van der Waals surface area contributed by atoms with Crippen molar-refractivity contribution in [2.75, 3.05) is 26.2 Å². The van der Waals surface area contributed by atoms with Crippen LogP contribution in [0.1, 0.15) is 57.6 Å². The van der Waals surface area contributed by atoms with Gasteiger partial charge >= 0.3 is 0 Å². The number of aryl methyl sites for hydroxylation is 1. The van der Waals surface area contributed by atoms with Crippen molar-refractivity contribution in [2.24, 2.45) is 5.73 Å². The van der Waals surface area contributed by atoms with Gasteiger partial charge in [0.2, 0.25) is 5.91 Å². The average Bonchev–Trinajstić information content (AvgIpc) is 2.60. The van der Waals surface area contributed by atoms with E-state index in [1.54, 1.807) is 0 Å². The monoisotopic (exact) mass is 346 g/mol. The van der Waals surface area contributed by atoms with Crippen LogP contribution >= 0.6 is 0 Å². The molecule has 0 bridgehead atoms. The van der Waals surface area contributed by atoms with Crippen LogP contribution in [-0.4, -0.2) is 43.2 Å². The zero-order valence-corrected chi connectivity index (χ0v) is 16.1. The van der Waals surface area contributed by atoms with E-state index in [0.29, 0.717) is 19.1 Å². The molecule has 1 aromatic rings. The number of rotatable bonds is 7. The Labute approximate surface area is 152 Å². The molecule has 1 heterocycles. The molecule has 1 amide bonds. The van der Waals surface area contributed by atoms with Crippen LogP contribution in [0.2, 0.25) is 0 Å². The topological polar surface area (TPSA) is 55.6 Å². The summed E-state index contributed by atoms with van der Waals surface area (Å²) in [5.74, 6) is 0.264. The Balaban J connectivity index is 1.72. The molecule has 2 N–H and O–H groups in total. The average molecular weight is 347 g/mol. The molecule has 4 heteroatoms. The van der Waals surface area contributed by atoms with Gasteiger partial charge in [-0.05, 0) is 48.8 Å². The summed E-state index contributed by atoms with van der Waals surface area (Å²) in [7, 11) is 0. The Morgan fingerprint density at radius 3 is 2.40 bits per heavy atom. The molecule has 0 unspecified atom stereocenters. The lowest BCUT2D eigenvalue weighted by Crippen LogP contribution is -2.41. The van der Waals surface area contributed by atoms with Gasteiger partial charge < -0.3 is 15.4 Å². The highest BCUT2D eigenvalue weighted by atomic mass is 16.5. The number of nitrogens with zero attached hydrogens (tertiary/aromatic N) is 1. The number of likely N-dealkylation sites (tertiary alicyclic amines) is 1. The molecule has 4 nitrogen and oxygen atoms in total. The summed E-state index contributed by atoms with van der Waals surface area (Å²) < 4.78 is 5.80. The summed E-state index contributed by atoms with van der Waals surface area (Å²) in [6, 6.07) is 8.69. The third-order valence-electron chi connectivity index (χ3n) is 4.94. The van der Waals surface area contributed by atoms with Crippen molar-refractivity contribution in [1.82, 2.24) is 4.90 Å². The highest BCUT2D eigenvalue weighted by molar-refractivity contribution is 5.76. The van der Waals surface area contributed by atoms with Crippen LogP contribution in [-0.2, 0) is 21.4 Å². The van der Waals surface area contributed by atoms with E-state index in [4.69, 9.17) is 10.5 Å². The smallest absolute Gasteiger partial charge is 0.222 e. The van der Waals surface area contributed by atoms with E-state index in [-0.39, 0.29) is 11.3 Å². The maximum Gasteiger partial charge on any atom is 0.222 e. The number of nitrogens with two attached hydrogens (primary N) is 1. The Bertz CT molecular complexity index is 526. The van der Waals surface area contributed by atoms with Crippen LogP contribution in [0.15, 0.2) is 24.3 Å². The molecule has 0 atom stereocenters. The molecular weight excluding hydrogens is 312 g/mol. The van der Waals surface area contributed by atoms with Crippen LogP contribution in [0.3, 0.4) is 0 Å². The molecule has 0 radical (unpaired) electrons. The van der Waals surface area contributed by atoms with Gasteiger partial charge in [-0.2, -0.15) is 0 Å². The van der Waals surface area contributed by atoms with Crippen molar-refractivity contribution < 1.29 is 9.53 Å². The van der Waals surface area contributed by atoms with Crippen molar-refractivity contribution in [3.63, 3.8) is 0 Å². The first kappa shape index (κ1) is 19.9. The minimum Gasteiger partial charge on any atom is -0.378 e. The third-order valence-corrected chi connectivity index (χ3v) is 4.94. The first-order valence-corrected chi connectivity index (χ1v) is 9.59. The second-order valence-corrected chi connectivity index (χ2v) is 8.04. The van der Waals surface area contributed by atoms with E-state index in [2.05, 4.69) is 45.0 Å². The second-order valence-electron chi connectivity index (χ2n) is 8.04. The number of ether oxygens (including phenoxy) is 1. The van der Waals surface area contributed by atoms with E-state index in [1.165, 1.54) is 11.1 Å². The van der Waals surface area contributed by atoms with Crippen molar-refractivity contribution in [2.45, 2.75) is 64.4 Å². The van der Waals surface area contributed by atoms with E-state index < -0.39 is 0 Å². The molecular formula is C21H34N2O2. The quantitative estimate of drug-likeness (QED) is 0.771. The maximum atomic E-state index is 12.4. The highest BCUT2D eigenvalue weighted by Crippen LogP contribution is 2.22. The Morgan fingerprint density at radius 1 is 1.20 bits per heavy atom. The van der Waals surface area contributed by atoms with Crippen molar-refractivity contribution in [3.8, 4) is 0 Å². The minimum atomic E-state index is 0.172.